The van der Waals surface area contributed by atoms with E-state index in [1.54, 1.807) is 0 Å². The summed E-state index contributed by atoms with van der Waals surface area (Å²) in [5, 5.41) is 5.15. The highest BCUT2D eigenvalue weighted by Gasteiger charge is 2.39. The quantitative estimate of drug-likeness (QED) is 0.832. The number of halogens is 2. The first-order chi connectivity index (χ1) is 10.1. The monoisotopic (exact) mass is 326 g/mol. The molecule has 1 atom stereocenters. The second kappa shape index (κ2) is 6.36. The molecule has 1 N–H and O–H groups in total. The van der Waals surface area contributed by atoms with Crippen LogP contribution in [0, 0.1) is 0 Å². The molecule has 0 bridgehead atoms. The Bertz CT molecular complexity index is 498. The van der Waals surface area contributed by atoms with E-state index in [1.807, 2.05) is 12.1 Å². The van der Waals surface area contributed by atoms with E-state index in [9.17, 15) is 0 Å². The average Bonchev–Trinajstić information content (AvgIpc) is 2.51. The first kappa shape index (κ1) is 15.5. The molecule has 0 aromatic heterocycles. The predicted octanol–water partition coefficient (Wildman–Crippen LogP) is 4.88. The molecular weight excluding hydrogens is 303 g/mol. The predicted molar refractivity (Wildman–Crippen MR) is 91.7 cm³/mol. The standard InChI is InChI=1S/C17H24Cl2N2/c1-2-13-11-20-17(8-4-3-5-9-17)12-21(13)14-6-7-15(18)16(19)10-14/h6-7,10,13,20H,2-5,8-9,11-12H2,1H3. The third-order valence-electron chi connectivity index (χ3n) is 5.14. The number of benzene rings is 1. The van der Waals surface area contributed by atoms with E-state index in [0.29, 0.717) is 21.6 Å². The normalized spacial score (nSPS) is 25.3. The fourth-order valence-electron chi connectivity index (χ4n) is 3.85. The van der Waals surface area contributed by atoms with Gasteiger partial charge in [0.2, 0.25) is 0 Å². The van der Waals surface area contributed by atoms with Gasteiger partial charge in [-0.25, -0.2) is 0 Å². The van der Waals surface area contributed by atoms with Gasteiger partial charge >= 0.3 is 0 Å². The Kier molecular flexibility index (Phi) is 4.68. The summed E-state index contributed by atoms with van der Waals surface area (Å²) in [6.07, 6.45) is 7.80. The van der Waals surface area contributed by atoms with Gasteiger partial charge in [-0.2, -0.15) is 0 Å². The molecule has 0 amide bonds. The summed E-state index contributed by atoms with van der Waals surface area (Å²) in [5.74, 6) is 0. The largest absolute Gasteiger partial charge is 0.365 e. The van der Waals surface area contributed by atoms with Crippen LogP contribution in [0.3, 0.4) is 0 Å². The molecule has 1 aliphatic carbocycles. The Morgan fingerprint density at radius 2 is 1.95 bits per heavy atom. The summed E-state index contributed by atoms with van der Waals surface area (Å²) < 4.78 is 0. The van der Waals surface area contributed by atoms with Crippen LogP contribution in [0.1, 0.15) is 45.4 Å². The van der Waals surface area contributed by atoms with Gasteiger partial charge in [-0.3, -0.25) is 0 Å². The van der Waals surface area contributed by atoms with Crippen LogP contribution in [0.25, 0.3) is 0 Å². The number of hydrogen-bond acceptors (Lipinski definition) is 2. The van der Waals surface area contributed by atoms with Gasteiger partial charge in [0.25, 0.3) is 0 Å². The van der Waals surface area contributed by atoms with Gasteiger partial charge < -0.3 is 10.2 Å². The summed E-state index contributed by atoms with van der Waals surface area (Å²) in [6.45, 7) is 4.41. The molecule has 1 aliphatic heterocycles. The zero-order valence-corrected chi connectivity index (χ0v) is 14.2. The Morgan fingerprint density at radius 1 is 1.19 bits per heavy atom. The van der Waals surface area contributed by atoms with Gasteiger partial charge in [0, 0.05) is 30.4 Å². The van der Waals surface area contributed by atoms with Crippen molar-refractivity contribution in [2.75, 3.05) is 18.0 Å². The molecule has 1 spiro atoms. The molecule has 1 aromatic carbocycles. The van der Waals surface area contributed by atoms with Crippen LogP contribution in [0.2, 0.25) is 10.0 Å². The number of piperazine rings is 1. The van der Waals surface area contributed by atoms with Crippen molar-refractivity contribution in [3.8, 4) is 0 Å². The minimum Gasteiger partial charge on any atom is -0.365 e. The van der Waals surface area contributed by atoms with Gasteiger partial charge in [-0.1, -0.05) is 49.4 Å². The highest BCUT2D eigenvalue weighted by atomic mass is 35.5. The Morgan fingerprint density at radius 3 is 2.62 bits per heavy atom. The lowest BCUT2D eigenvalue weighted by Crippen LogP contribution is -2.65. The van der Waals surface area contributed by atoms with Crippen LogP contribution < -0.4 is 10.2 Å². The molecule has 2 nitrogen and oxygen atoms in total. The van der Waals surface area contributed by atoms with Crippen LogP contribution >= 0.6 is 23.2 Å². The number of hydrogen-bond donors (Lipinski definition) is 1. The average molecular weight is 327 g/mol. The van der Waals surface area contributed by atoms with Crippen molar-refractivity contribution in [3.05, 3.63) is 28.2 Å². The Hall–Kier alpha value is -0.440. The molecule has 1 heterocycles. The number of nitrogens with one attached hydrogen (secondary N) is 1. The molecule has 116 valence electrons. The van der Waals surface area contributed by atoms with E-state index < -0.39 is 0 Å². The van der Waals surface area contributed by atoms with Crippen LogP contribution in [0.4, 0.5) is 5.69 Å². The third-order valence-corrected chi connectivity index (χ3v) is 5.88. The molecule has 2 aliphatic rings. The molecule has 1 saturated heterocycles. The van der Waals surface area contributed by atoms with Crippen molar-refractivity contribution in [2.45, 2.75) is 57.0 Å². The van der Waals surface area contributed by atoms with Crippen molar-refractivity contribution >= 4 is 28.9 Å². The molecule has 3 rings (SSSR count). The van der Waals surface area contributed by atoms with E-state index in [0.717, 1.165) is 19.5 Å². The van der Waals surface area contributed by atoms with Crippen LogP contribution in [0.15, 0.2) is 18.2 Å². The maximum atomic E-state index is 6.23. The molecule has 4 heteroatoms. The molecule has 1 unspecified atom stereocenters. The molecule has 2 fully saturated rings. The van der Waals surface area contributed by atoms with Gasteiger partial charge in [-0.05, 0) is 37.5 Å². The highest BCUT2D eigenvalue weighted by molar-refractivity contribution is 6.42. The fraction of sp³-hybridized carbons (Fsp3) is 0.647. The summed E-state index contributed by atoms with van der Waals surface area (Å²) in [5.41, 5.74) is 1.51. The van der Waals surface area contributed by atoms with Gasteiger partial charge in [0.1, 0.15) is 0 Å². The lowest BCUT2D eigenvalue weighted by molar-refractivity contribution is 0.196. The number of rotatable bonds is 2. The zero-order chi connectivity index (χ0) is 14.9. The van der Waals surface area contributed by atoms with E-state index >= 15 is 0 Å². The molecule has 0 radical (unpaired) electrons. The van der Waals surface area contributed by atoms with Crippen molar-refractivity contribution in [1.29, 1.82) is 0 Å². The third kappa shape index (κ3) is 3.18. The van der Waals surface area contributed by atoms with Crippen molar-refractivity contribution < 1.29 is 0 Å². The van der Waals surface area contributed by atoms with Crippen molar-refractivity contribution in [2.24, 2.45) is 0 Å². The lowest BCUT2D eigenvalue weighted by atomic mass is 9.79. The van der Waals surface area contributed by atoms with Crippen molar-refractivity contribution in [1.82, 2.24) is 5.32 Å². The fourth-order valence-corrected chi connectivity index (χ4v) is 4.14. The second-order valence-corrected chi connectivity index (χ2v) is 7.32. The summed E-state index contributed by atoms with van der Waals surface area (Å²) in [7, 11) is 0. The van der Waals surface area contributed by atoms with E-state index in [-0.39, 0.29) is 0 Å². The second-order valence-electron chi connectivity index (χ2n) is 6.51. The SMILES string of the molecule is CCC1CNC2(CCCCC2)CN1c1ccc(Cl)c(Cl)c1. The highest BCUT2D eigenvalue weighted by Crippen LogP contribution is 2.36. The first-order valence-corrected chi connectivity index (χ1v) is 8.86. The number of nitrogens with zero attached hydrogens (tertiary/aromatic N) is 1. The van der Waals surface area contributed by atoms with Crippen LogP contribution in [0.5, 0.6) is 0 Å². The Labute approximate surface area is 137 Å². The number of anilines is 1. The molecular formula is C17H24Cl2N2. The van der Waals surface area contributed by atoms with E-state index in [1.165, 1.54) is 37.8 Å². The van der Waals surface area contributed by atoms with E-state index in [4.69, 9.17) is 23.2 Å². The zero-order valence-electron chi connectivity index (χ0n) is 12.7. The maximum absolute atomic E-state index is 6.23. The van der Waals surface area contributed by atoms with Crippen LogP contribution in [-0.4, -0.2) is 24.7 Å². The molecule has 21 heavy (non-hydrogen) atoms. The van der Waals surface area contributed by atoms with Gasteiger partial charge in [-0.15, -0.1) is 0 Å². The minimum atomic E-state index is 0.302. The maximum Gasteiger partial charge on any atom is 0.0612 e. The molecule has 1 aromatic rings. The smallest absolute Gasteiger partial charge is 0.0612 e. The topological polar surface area (TPSA) is 15.3 Å². The minimum absolute atomic E-state index is 0.302. The van der Waals surface area contributed by atoms with Gasteiger partial charge in [0.15, 0.2) is 0 Å². The molecule has 1 saturated carbocycles. The summed E-state index contributed by atoms with van der Waals surface area (Å²) in [6, 6.07) is 6.59. The summed E-state index contributed by atoms with van der Waals surface area (Å²) >= 11 is 12.3. The van der Waals surface area contributed by atoms with Crippen molar-refractivity contribution in [3.63, 3.8) is 0 Å². The van der Waals surface area contributed by atoms with Crippen LogP contribution in [-0.2, 0) is 0 Å². The summed E-state index contributed by atoms with van der Waals surface area (Å²) in [4.78, 5) is 2.55. The van der Waals surface area contributed by atoms with Gasteiger partial charge in [0.05, 0.1) is 10.0 Å². The van der Waals surface area contributed by atoms with E-state index in [2.05, 4.69) is 23.2 Å². The first-order valence-electron chi connectivity index (χ1n) is 8.10. The Balaban J connectivity index is 1.86. The lowest BCUT2D eigenvalue weighted by Gasteiger charge is -2.50.